The minimum atomic E-state index is -1.94. The molecule has 1 saturated heterocycles. The van der Waals surface area contributed by atoms with Crippen molar-refractivity contribution in [2.24, 2.45) is 28.3 Å². The molecule has 14 N–H and O–H groups in total. The average molecular weight is 1020 g/mol. The molecule has 0 unspecified atom stereocenters. The number of hydrogen-bond donors (Lipinski definition) is 12. The summed E-state index contributed by atoms with van der Waals surface area (Å²) in [5.74, 6) is -11.8. The molecule has 2 aromatic carbocycles. The lowest BCUT2D eigenvalue weighted by molar-refractivity contribution is -0.144. The molecule has 1 fully saturated rings. The van der Waals surface area contributed by atoms with Crippen molar-refractivity contribution in [1.29, 1.82) is 0 Å². The van der Waals surface area contributed by atoms with Gasteiger partial charge in [-0.15, -0.1) is 0 Å². The van der Waals surface area contributed by atoms with Gasteiger partial charge in [0, 0.05) is 32.4 Å². The largest absolute Gasteiger partial charge is 0.508 e. The first kappa shape index (κ1) is 59.2. The van der Waals surface area contributed by atoms with Gasteiger partial charge in [-0.05, 0) is 62.8 Å². The Balaban J connectivity index is 2.11. The molecular weight excluding hydrogens is 949 g/mol. The monoisotopic (exact) mass is 1020 g/mol. The van der Waals surface area contributed by atoms with Crippen molar-refractivity contribution in [1.82, 2.24) is 36.8 Å². The Morgan fingerprint density at radius 1 is 0.822 bits per heavy atom. The number of carbonyl (C=O) groups excluding carboxylic acids is 7. The fourth-order valence-electron chi connectivity index (χ4n) is 7.35. The van der Waals surface area contributed by atoms with E-state index in [1.54, 1.807) is 26.0 Å². The van der Waals surface area contributed by atoms with Gasteiger partial charge in [0.2, 0.25) is 35.4 Å². The number of aromatic hydroxyl groups is 1. The number of aliphatic carboxylic acids is 2. The first-order valence-electron chi connectivity index (χ1n) is 23.5. The molecule has 23 nitrogen and oxygen atoms in total. The third-order valence-corrected chi connectivity index (χ3v) is 11.9. The molecule has 0 aromatic heterocycles. The van der Waals surface area contributed by atoms with Gasteiger partial charge in [0.05, 0.1) is 24.5 Å². The van der Waals surface area contributed by atoms with Gasteiger partial charge in [-0.3, -0.25) is 38.6 Å². The summed E-state index contributed by atoms with van der Waals surface area (Å²) in [7, 11) is 1.18. The lowest BCUT2D eigenvalue weighted by Crippen LogP contribution is -2.57. The number of rotatable bonds is 14. The van der Waals surface area contributed by atoms with Crippen LogP contribution in [0.2, 0.25) is 0 Å². The SMILES string of the molecule is C=C1C(=O)N[C@H](C)C(=O)N[C@@H](CCCN=C(N)N)C(=O)N[C@@H](C(=O)O)CC(=O)N[C@@H](Cc2ccc(O)cc2)C(=O)N[C@@H](/C=C/C(C)=C/[C@H](C)[C@@H](O)Cc2ccccc2)[C@H](C)C(=O)N[C@@H](C(=O)O)CCC(=O)N1C. The summed E-state index contributed by atoms with van der Waals surface area (Å²) in [6.07, 6.45) is 2.14. The summed E-state index contributed by atoms with van der Waals surface area (Å²) < 4.78 is 0. The van der Waals surface area contributed by atoms with E-state index in [0.717, 1.165) is 10.5 Å². The summed E-state index contributed by atoms with van der Waals surface area (Å²) in [6.45, 7) is 9.78. The number of aliphatic hydroxyl groups is 1. The molecule has 0 bridgehead atoms. The van der Waals surface area contributed by atoms with E-state index >= 15 is 0 Å². The molecule has 1 heterocycles. The lowest BCUT2D eigenvalue weighted by atomic mass is 9.94. The summed E-state index contributed by atoms with van der Waals surface area (Å²) >= 11 is 0. The fourth-order valence-corrected chi connectivity index (χ4v) is 7.35. The number of nitrogens with two attached hydrogens (primary N) is 2. The standard InChI is InChI=1S/C50H68N10O13/c1-27(23-28(2)40(62)25-32-11-8-7-9-12-32)14-19-35-29(3)43(65)58-37(48(70)71)20-21-42(64)60(6)31(5)45(67)54-30(4)44(66)57-36(13-10-22-53-50(51)52)46(68)59-39(49(72)73)26-41(63)55-38(47(69)56-35)24-33-15-17-34(61)18-16-33/h7-9,11-12,14-19,23,28-30,35-40,61-62H,5,10,13,20-22,24-26H2,1-4,6H3,(H,54,67)(H,55,63)(H,56,69)(H,57,66)(H,58,65)(H,59,68)(H,70,71)(H,72,73)(H4,51,52,53)/b19-14+,27-23+/t28-,29-,30+,35-,36-,37+,38-,39+,40-/m0/s1. The highest BCUT2D eigenvalue weighted by molar-refractivity contribution is 6.00. The molecule has 1 aliphatic heterocycles. The van der Waals surface area contributed by atoms with Crippen molar-refractivity contribution in [3.8, 4) is 5.75 Å². The summed E-state index contributed by atoms with van der Waals surface area (Å²) in [5.41, 5.74) is 12.3. The normalized spacial score (nSPS) is 23.8. The number of carboxylic acid groups (broad SMARTS) is 2. The van der Waals surface area contributed by atoms with E-state index in [9.17, 15) is 63.6 Å². The molecule has 23 heteroatoms. The molecule has 0 aliphatic carbocycles. The van der Waals surface area contributed by atoms with E-state index in [1.807, 2.05) is 30.3 Å². The number of aliphatic imine (C=N–C) groups is 1. The highest BCUT2D eigenvalue weighted by Crippen LogP contribution is 2.18. The first-order chi connectivity index (χ1) is 34.4. The fraction of sp³-hybridized carbons (Fsp3) is 0.440. The van der Waals surface area contributed by atoms with Crippen LogP contribution in [0, 0.1) is 11.8 Å². The van der Waals surface area contributed by atoms with Crippen LogP contribution in [-0.2, 0) is 56.0 Å². The molecule has 396 valence electrons. The van der Waals surface area contributed by atoms with Gasteiger partial charge in [0.1, 0.15) is 41.7 Å². The minimum absolute atomic E-state index is 0.00852. The Labute approximate surface area is 423 Å². The van der Waals surface area contributed by atoms with Gasteiger partial charge < -0.3 is 68.7 Å². The molecule has 0 spiro atoms. The zero-order valence-electron chi connectivity index (χ0n) is 41.5. The maximum absolute atomic E-state index is 14.4. The van der Waals surface area contributed by atoms with E-state index in [1.165, 1.54) is 51.2 Å². The predicted octanol–water partition coefficient (Wildman–Crippen LogP) is -0.379. The number of nitrogens with zero attached hydrogens (tertiary/aromatic N) is 2. The van der Waals surface area contributed by atoms with E-state index in [4.69, 9.17) is 11.5 Å². The Kier molecular flexibility index (Phi) is 23.3. The summed E-state index contributed by atoms with van der Waals surface area (Å²) in [4.78, 5) is 126. The second kappa shape index (κ2) is 28.7. The average Bonchev–Trinajstić information content (AvgIpc) is 3.33. The minimum Gasteiger partial charge on any atom is -0.508 e. The first-order valence-corrected chi connectivity index (χ1v) is 23.5. The van der Waals surface area contributed by atoms with Gasteiger partial charge in [0.25, 0.3) is 5.91 Å². The third kappa shape index (κ3) is 19.9. The van der Waals surface area contributed by atoms with Crippen molar-refractivity contribution < 1.29 is 63.6 Å². The Morgan fingerprint density at radius 2 is 1.44 bits per heavy atom. The topological polar surface area (TPSA) is 374 Å². The molecule has 1 aliphatic rings. The number of phenolic OH excluding ortho intramolecular Hbond substituents is 1. The third-order valence-electron chi connectivity index (χ3n) is 11.9. The van der Waals surface area contributed by atoms with Crippen LogP contribution in [0.1, 0.15) is 70.9 Å². The van der Waals surface area contributed by atoms with E-state index in [-0.39, 0.29) is 43.4 Å². The van der Waals surface area contributed by atoms with Gasteiger partial charge in [-0.1, -0.05) is 86.7 Å². The number of carbonyl (C=O) groups is 9. The molecule has 0 radical (unpaired) electrons. The highest BCUT2D eigenvalue weighted by atomic mass is 16.4. The second-order valence-electron chi connectivity index (χ2n) is 17.8. The van der Waals surface area contributed by atoms with Crippen LogP contribution in [0.15, 0.2) is 95.7 Å². The lowest BCUT2D eigenvalue weighted by Gasteiger charge is -2.27. The zero-order valence-corrected chi connectivity index (χ0v) is 41.5. The molecule has 2 aromatic rings. The van der Waals surface area contributed by atoms with Crippen LogP contribution >= 0.6 is 0 Å². The number of nitrogens with one attached hydrogen (secondary N) is 6. The number of amides is 7. The zero-order chi connectivity index (χ0) is 54.5. The smallest absolute Gasteiger partial charge is 0.326 e. The number of allylic oxidation sites excluding steroid dienone is 2. The number of carboxylic acids is 2. The second-order valence-corrected chi connectivity index (χ2v) is 17.8. The van der Waals surface area contributed by atoms with Crippen molar-refractivity contribution in [2.75, 3.05) is 13.6 Å². The number of benzene rings is 2. The number of guanidine groups is 1. The predicted molar refractivity (Wildman–Crippen MR) is 267 cm³/mol. The van der Waals surface area contributed by atoms with Gasteiger partial charge in [-0.25, -0.2) is 9.59 Å². The van der Waals surface area contributed by atoms with E-state index in [0.29, 0.717) is 17.6 Å². The van der Waals surface area contributed by atoms with Crippen LogP contribution in [0.3, 0.4) is 0 Å². The number of aliphatic hydroxyl groups excluding tert-OH is 1. The van der Waals surface area contributed by atoms with Crippen LogP contribution in [0.5, 0.6) is 5.75 Å². The van der Waals surface area contributed by atoms with Crippen LogP contribution < -0.4 is 43.4 Å². The molecule has 73 heavy (non-hydrogen) atoms. The maximum Gasteiger partial charge on any atom is 0.326 e. The number of likely N-dealkylation sites (N-methyl/N-ethyl adjacent to an activating group) is 1. The molecular formula is C50H68N10O13. The van der Waals surface area contributed by atoms with E-state index in [2.05, 4.69) is 43.5 Å². The van der Waals surface area contributed by atoms with Crippen LogP contribution in [0.25, 0.3) is 0 Å². The van der Waals surface area contributed by atoms with Crippen molar-refractivity contribution in [3.63, 3.8) is 0 Å². The molecule has 3 rings (SSSR count). The number of phenols is 1. The van der Waals surface area contributed by atoms with Crippen LogP contribution in [-0.4, -0.2) is 141 Å². The van der Waals surface area contributed by atoms with Gasteiger partial charge >= 0.3 is 11.9 Å². The van der Waals surface area contributed by atoms with Crippen molar-refractivity contribution >= 4 is 59.2 Å². The molecule has 9 atom stereocenters. The van der Waals surface area contributed by atoms with Gasteiger partial charge in [0.15, 0.2) is 5.96 Å². The van der Waals surface area contributed by atoms with E-state index < -0.39 is 127 Å². The molecule has 7 amide bonds. The highest BCUT2D eigenvalue weighted by Gasteiger charge is 2.34. The Bertz CT molecular complexity index is 2410. The Morgan fingerprint density at radius 3 is 2.05 bits per heavy atom. The number of hydrogen-bond acceptors (Lipinski definition) is 12. The van der Waals surface area contributed by atoms with Crippen molar-refractivity contribution in [2.45, 2.75) is 115 Å². The molecule has 0 saturated carbocycles. The Hall–Kier alpha value is -8.08. The summed E-state index contributed by atoms with van der Waals surface area (Å²) in [5, 5.41) is 56.0. The maximum atomic E-state index is 14.4. The van der Waals surface area contributed by atoms with Gasteiger partial charge in [-0.2, -0.15) is 0 Å². The quantitative estimate of drug-likeness (QED) is 0.0377. The van der Waals surface area contributed by atoms with Crippen molar-refractivity contribution in [3.05, 3.63) is 102 Å². The summed E-state index contributed by atoms with van der Waals surface area (Å²) in [6, 6.07) is 5.74. The van der Waals surface area contributed by atoms with Crippen LogP contribution in [0.4, 0.5) is 0 Å².